The van der Waals surface area contributed by atoms with Crippen molar-refractivity contribution in [2.75, 3.05) is 0 Å². The third-order valence-electron chi connectivity index (χ3n) is 2.98. The zero-order valence-corrected chi connectivity index (χ0v) is 15.5. The van der Waals surface area contributed by atoms with Crippen LogP contribution in [-0.2, 0) is 6.54 Å². The van der Waals surface area contributed by atoms with Crippen molar-refractivity contribution < 1.29 is 4.74 Å². The van der Waals surface area contributed by atoms with Gasteiger partial charge in [-0.15, -0.1) is 0 Å². The normalized spacial score (nSPS) is 11.0. The van der Waals surface area contributed by atoms with Crippen molar-refractivity contribution in [2.24, 2.45) is 0 Å². The summed E-state index contributed by atoms with van der Waals surface area (Å²) in [4.78, 5) is 4.52. The van der Waals surface area contributed by atoms with Crippen molar-refractivity contribution in [3.05, 3.63) is 50.5 Å². The molecule has 0 atom stereocenters. The van der Waals surface area contributed by atoms with Gasteiger partial charge < -0.3 is 10.1 Å². The molecule has 0 saturated carbocycles. The van der Waals surface area contributed by atoms with Crippen LogP contribution in [0, 0.1) is 6.92 Å². The van der Waals surface area contributed by atoms with Gasteiger partial charge in [0.2, 0.25) is 5.88 Å². The fraction of sp³-hybridized carbons (Fsp3) is 0.312. The lowest BCUT2D eigenvalue weighted by Gasteiger charge is -2.12. The number of nitrogens with zero attached hydrogens (tertiary/aromatic N) is 1. The van der Waals surface area contributed by atoms with E-state index in [1.807, 2.05) is 31.2 Å². The fourth-order valence-electron chi connectivity index (χ4n) is 1.80. The van der Waals surface area contributed by atoms with Gasteiger partial charge in [-0.2, -0.15) is 0 Å². The maximum absolute atomic E-state index is 5.83. The van der Waals surface area contributed by atoms with Crippen molar-refractivity contribution in [2.45, 2.75) is 33.4 Å². The highest BCUT2D eigenvalue weighted by Gasteiger charge is 2.07. The van der Waals surface area contributed by atoms with Gasteiger partial charge in [-0.05, 0) is 46.6 Å². The summed E-state index contributed by atoms with van der Waals surface area (Å²) in [6.45, 7) is 7.08. The third kappa shape index (κ3) is 4.80. The second-order valence-electron chi connectivity index (χ2n) is 5.11. The molecule has 1 aromatic heterocycles. The predicted molar refractivity (Wildman–Crippen MR) is 92.9 cm³/mol. The summed E-state index contributed by atoms with van der Waals surface area (Å²) in [5.74, 6) is 1.35. The number of nitrogens with one attached hydrogen (secondary N) is 1. The van der Waals surface area contributed by atoms with Crippen molar-refractivity contribution in [1.29, 1.82) is 0 Å². The SMILES string of the molecule is Cc1nc(Oc2ccc(Br)cc2Br)ccc1CNC(C)C. The van der Waals surface area contributed by atoms with E-state index in [0.717, 1.165) is 26.9 Å². The van der Waals surface area contributed by atoms with Gasteiger partial charge in [-0.1, -0.05) is 35.8 Å². The number of pyridine rings is 1. The number of halogens is 2. The second-order valence-corrected chi connectivity index (χ2v) is 6.88. The molecular weight excluding hydrogens is 396 g/mol. The molecule has 0 aliphatic heterocycles. The van der Waals surface area contributed by atoms with Gasteiger partial charge in [-0.25, -0.2) is 4.98 Å². The van der Waals surface area contributed by atoms with Gasteiger partial charge in [0, 0.05) is 28.8 Å². The molecule has 1 aromatic carbocycles. The van der Waals surface area contributed by atoms with Crippen LogP contribution >= 0.6 is 31.9 Å². The Hall–Kier alpha value is -0.910. The first-order valence-electron chi connectivity index (χ1n) is 6.78. The van der Waals surface area contributed by atoms with E-state index in [2.05, 4.69) is 62.1 Å². The van der Waals surface area contributed by atoms with Gasteiger partial charge in [0.05, 0.1) is 4.47 Å². The van der Waals surface area contributed by atoms with E-state index in [-0.39, 0.29) is 0 Å². The average Bonchev–Trinajstić information content (AvgIpc) is 2.41. The minimum atomic E-state index is 0.457. The minimum absolute atomic E-state index is 0.457. The monoisotopic (exact) mass is 412 g/mol. The van der Waals surface area contributed by atoms with Crippen LogP contribution in [0.2, 0.25) is 0 Å². The molecule has 1 N–H and O–H groups in total. The predicted octanol–water partition coefficient (Wildman–Crippen LogP) is 5.21. The number of aromatic nitrogens is 1. The number of rotatable bonds is 5. The molecule has 0 fully saturated rings. The number of benzene rings is 1. The number of hydrogen-bond donors (Lipinski definition) is 1. The Morgan fingerprint density at radius 1 is 1.19 bits per heavy atom. The fourth-order valence-corrected chi connectivity index (χ4v) is 2.92. The van der Waals surface area contributed by atoms with Crippen LogP contribution in [0.25, 0.3) is 0 Å². The molecule has 0 unspecified atom stereocenters. The molecule has 0 radical (unpaired) electrons. The van der Waals surface area contributed by atoms with Gasteiger partial charge in [-0.3, -0.25) is 0 Å². The maximum Gasteiger partial charge on any atom is 0.219 e. The molecule has 1 heterocycles. The average molecular weight is 414 g/mol. The zero-order chi connectivity index (χ0) is 15.4. The zero-order valence-electron chi connectivity index (χ0n) is 12.3. The van der Waals surface area contributed by atoms with Crippen molar-refractivity contribution in [1.82, 2.24) is 10.3 Å². The molecule has 0 amide bonds. The smallest absolute Gasteiger partial charge is 0.219 e. The molecule has 2 rings (SSSR count). The van der Waals surface area contributed by atoms with Crippen molar-refractivity contribution in [3.63, 3.8) is 0 Å². The molecule has 0 saturated heterocycles. The van der Waals surface area contributed by atoms with Crippen LogP contribution in [0.4, 0.5) is 0 Å². The number of aryl methyl sites for hydroxylation is 1. The second kappa shape index (κ2) is 7.38. The van der Waals surface area contributed by atoms with E-state index in [4.69, 9.17) is 4.74 Å². The first-order chi connectivity index (χ1) is 9.95. The lowest BCUT2D eigenvalue weighted by molar-refractivity contribution is 0.457. The van der Waals surface area contributed by atoms with Gasteiger partial charge in [0.15, 0.2) is 0 Å². The summed E-state index contributed by atoms with van der Waals surface area (Å²) in [7, 11) is 0. The van der Waals surface area contributed by atoms with E-state index in [0.29, 0.717) is 11.9 Å². The molecule has 0 aliphatic carbocycles. The van der Waals surface area contributed by atoms with Crippen molar-refractivity contribution >= 4 is 31.9 Å². The topological polar surface area (TPSA) is 34.1 Å². The Kier molecular flexibility index (Phi) is 5.79. The first kappa shape index (κ1) is 16.5. The van der Waals surface area contributed by atoms with Crippen LogP contribution in [0.5, 0.6) is 11.6 Å². The van der Waals surface area contributed by atoms with Gasteiger partial charge >= 0.3 is 0 Å². The van der Waals surface area contributed by atoms with Gasteiger partial charge in [0.25, 0.3) is 0 Å². The minimum Gasteiger partial charge on any atom is -0.438 e. The highest BCUT2D eigenvalue weighted by Crippen LogP contribution is 2.31. The Bertz CT molecular complexity index is 630. The standard InChI is InChI=1S/C16H18Br2N2O/c1-10(2)19-9-12-4-7-16(20-11(12)3)21-15-6-5-13(17)8-14(15)18/h4-8,10,19H,9H2,1-3H3. The van der Waals surface area contributed by atoms with Gasteiger partial charge in [0.1, 0.15) is 5.75 Å². The largest absolute Gasteiger partial charge is 0.438 e. The summed E-state index contributed by atoms with van der Waals surface area (Å²) in [5, 5.41) is 3.39. The third-order valence-corrected chi connectivity index (χ3v) is 4.09. The summed E-state index contributed by atoms with van der Waals surface area (Å²) in [5.41, 5.74) is 2.17. The van der Waals surface area contributed by atoms with E-state index in [1.165, 1.54) is 5.56 Å². The molecule has 3 nitrogen and oxygen atoms in total. The molecule has 2 aromatic rings. The first-order valence-corrected chi connectivity index (χ1v) is 8.37. The molecule has 21 heavy (non-hydrogen) atoms. The summed E-state index contributed by atoms with van der Waals surface area (Å²) < 4.78 is 7.72. The van der Waals surface area contributed by atoms with Crippen molar-refractivity contribution in [3.8, 4) is 11.6 Å². The molecule has 0 aliphatic rings. The van der Waals surface area contributed by atoms with Crippen LogP contribution in [0.1, 0.15) is 25.1 Å². The summed E-state index contributed by atoms with van der Waals surface area (Å²) in [6.07, 6.45) is 0. The van der Waals surface area contributed by atoms with Crippen LogP contribution in [0.3, 0.4) is 0 Å². The quantitative estimate of drug-likeness (QED) is 0.730. The maximum atomic E-state index is 5.83. The Balaban J connectivity index is 2.12. The lowest BCUT2D eigenvalue weighted by atomic mass is 10.2. The van der Waals surface area contributed by atoms with E-state index in [9.17, 15) is 0 Å². The van der Waals surface area contributed by atoms with Crippen LogP contribution in [0.15, 0.2) is 39.3 Å². The number of hydrogen-bond acceptors (Lipinski definition) is 3. The summed E-state index contributed by atoms with van der Waals surface area (Å²) in [6, 6.07) is 10.2. The van der Waals surface area contributed by atoms with E-state index in [1.54, 1.807) is 0 Å². The summed E-state index contributed by atoms with van der Waals surface area (Å²) >= 11 is 6.91. The highest BCUT2D eigenvalue weighted by atomic mass is 79.9. The van der Waals surface area contributed by atoms with E-state index < -0.39 is 0 Å². The van der Waals surface area contributed by atoms with E-state index >= 15 is 0 Å². The molecule has 0 spiro atoms. The highest BCUT2D eigenvalue weighted by molar-refractivity contribution is 9.11. The molecule has 112 valence electrons. The number of ether oxygens (including phenoxy) is 1. The molecular formula is C16H18Br2N2O. The molecule has 5 heteroatoms. The lowest BCUT2D eigenvalue weighted by Crippen LogP contribution is -2.22. The van der Waals surface area contributed by atoms with Crippen LogP contribution in [-0.4, -0.2) is 11.0 Å². The Labute approximate surface area is 142 Å². The molecule has 0 bridgehead atoms. The Morgan fingerprint density at radius 2 is 1.95 bits per heavy atom. The van der Waals surface area contributed by atoms with Crippen LogP contribution < -0.4 is 10.1 Å². The Morgan fingerprint density at radius 3 is 2.57 bits per heavy atom.